The van der Waals surface area contributed by atoms with Crippen LogP contribution in [-0.2, 0) is 11.0 Å². The molecule has 0 fully saturated rings. The molecule has 92 valence electrons. The van der Waals surface area contributed by atoms with Crippen molar-refractivity contribution in [2.75, 3.05) is 5.32 Å². The highest BCUT2D eigenvalue weighted by atomic mass is 19.4. The third kappa shape index (κ3) is 3.51. The van der Waals surface area contributed by atoms with Crippen LogP contribution < -0.4 is 11.1 Å². The van der Waals surface area contributed by atoms with E-state index >= 15 is 0 Å². The topological polar surface area (TPSA) is 55.1 Å². The fourth-order valence-corrected chi connectivity index (χ4v) is 1.15. The highest BCUT2D eigenvalue weighted by molar-refractivity contribution is 5.74. The normalized spacial score (nSPS) is 12.9. The maximum absolute atomic E-state index is 12.4. The van der Waals surface area contributed by atoms with Crippen LogP contribution in [0.25, 0.3) is 0 Å². The number of carbonyl (C=O) groups is 1. The molecule has 0 amide bonds. The number of halogens is 3. The largest absolute Gasteiger partial charge is 0.416 e. The van der Waals surface area contributed by atoms with E-state index in [1.54, 1.807) is 0 Å². The minimum absolute atomic E-state index is 0.0533. The lowest BCUT2D eigenvalue weighted by Gasteiger charge is -2.11. The molecule has 0 aliphatic heterocycles. The number of carbonyl (C=O) groups excluding carboxylic acids is 1. The molecule has 0 spiro atoms. The Labute approximate surface area is 96.1 Å². The second-order valence-corrected chi connectivity index (χ2v) is 3.40. The first-order chi connectivity index (χ1) is 7.84. The quantitative estimate of drug-likeness (QED) is 0.634. The van der Waals surface area contributed by atoms with E-state index in [0.29, 0.717) is 12.0 Å². The summed E-state index contributed by atoms with van der Waals surface area (Å²) in [6.45, 7) is 1.50. The van der Waals surface area contributed by atoms with Gasteiger partial charge in [-0.15, -0.1) is 0 Å². The van der Waals surface area contributed by atoms with E-state index in [-0.39, 0.29) is 11.4 Å². The molecule has 1 aromatic rings. The average molecular weight is 244 g/mol. The van der Waals surface area contributed by atoms with Gasteiger partial charge in [-0.1, -0.05) is 6.07 Å². The monoisotopic (exact) mass is 244 g/mol. The minimum Gasteiger partial charge on any atom is -0.395 e. The summed E-state index contributed by atoms with van der Waals surface area (Å²) in [6.07, 6.45) is -3.97. The zero-order chi connectivity index (χ0) is 13.1. The molecule has 3 nitrogen and oxygen atoms in total. The van der Waals surface area contributed by atoms with Crippen LogP contribution >= 0.6 is 0 Å². The van der Waals surface area contributed by atoms with E-state index in [4.69, 9.17) is 5.73 Å². The van der Waals surface area contributed by atoms with Gasteiger partial charge >= 0.3 is 6.18 Å². The van der Waals surface area contributed by atoms with Gasteiger partial charge in [0.2, 0.25) is 0 Å². The minimum atomic E-state index is -4.40. The van der Waals surface area contributed by atoms with Crippen molar-refractivity contribution < 1.29 is 18.0 Å². The Bertz CT molecular complexity index is 452. The van der Waals surface area contributed by atoms with E-state index < -0.39 is 11.7 Å². The van der Waals surface area contributed by atoms with Gasteiger partial charge in [0.1, 0.15) is 0 Å². The maximum atomic E-state index is 12.4. The predicted molar refractivity (Wildman–Crippen MR) is 58.0 cm³/mol. The van der Waals surface area contributed by atoms with Crippen molar-refractivity contribution in [3.05, 3.63) is 41.2 Å². The van der Waals surface area contributed by atoms with E-state index in [9.17, 15) is 18.0 Å². The van der Waals surface area contributed by atoms with Crippen LogP contribution in [0.2, 0.25) is 0 Å². The molecule has 1 rings (SSSR count). The van der Waals surface area contributed by atoms with Crippen molar-refractivity contribution in [1.82, 2.24) is 0 Å². The summed E-state index contributed by atoms with van der Waals surface area (Å²) in [5.41, 5.74) is 5.03. The van der Waals surface area contributed by atoms with Gasteiger partial charge in [0.25, 0.3) is 0 Å². The van der Waals surface area contributed by atoms with Gasteiger partial charge in [-0.05, 0) is 25.1 Å². The molecule has 0 radical (unpaired) electrons. The van der Waals surface area contributed by atoms with Gasteiger partial charge in [0, 0.05) is 11.4 Å². The molecule has 17 heavy (non-hydrogen) atoms. The van der Waals surface area contributed by atoms with Crippen molar-refractivity contribution in [3.8, 4) is 0 Å². The number of nitrogens with two attached hydrogens (primary N) is 1. The standard InChI is InChI=1S/C11H11F3N2O/c1-7(10(15)6-17)16-9-4-2-3-8(5-9)11(12,13)14/h2-6,16H,15H2,1H3/b10-7+. The van der Waals surface area contributed by atoms with E-state index in [1.807, 2.05) is 0 Å². The summed E-state index contributed by atoms with van der Waals surface area (Å²) in [7, 11) is 0. The molecule has 1 aromatic carbocycles. The van der Waals surface area contributed by atoms with Crippen molar-refractivity contribution in [2.45, 2.75) is 13.1 Å². The summed E-state index contributed by atoms with van der Waals surface area (Å²) in [5.74, 6) is 0. The van der Waals surface area contributed by atoms with Crippen LogP contribution in [-0.4, -0.2) is 6.29 Å². The van der Waals surface area contributed by atoms with Crippen LogP contribution in [0.3, 0.4) is 0 Å². The number of allylic oxidation sites excluding steroid dienone is 2. The molecule has 0 aromatic heterocycles. The Morgan fingerprint density at radius 3 is 2.59 bits per heavy atom. The summed E-state index contributed by atoms with van der Waals surface area (Å²) < 4.78 is 37.2. The van der Waals surface area contributed by atoms with Crippen LogP contribution in [0.5, 0.6) is 0 Å². The number of aldehydes is 1. The Morgan fingerprint density at radius 2 is 2.06 bits per heavy atom. The number of anilines is 1. The number of hydrogen-bond donors (Lipinski definition) is 2. The zero-order valence-corrected chi connectivity index (χ0v) is 9.01. The smallest absolute Gasteiger partial charge is 0.395 e. The lowest BCUT2D eigenvalue weighted by molar-refractivity contribution is -0.137. The van der Waals surface area contributed by atoms with Gasteiger partial charge in [-0.3, -0.25) is 4.79 Å². The molecular formula is C11H11F3N2O. The van der Waals surface area contributed by atoms with Crippen LogP contribution in [0.15, 0.2) is 35.7 Å². The number of hydrogen-bond acceptors (Lipinski definition) is 3. The van der Waals surface area contributed by atoms with Crippen LogP contribution in [0, 0.1) is 0 Å². The zero-order valence-electron chi connectivity index (χ0n) is 9.01. The summed E-state index contributed by atoms with van der Waals surface area (Å²) in [4.78, 5) is 10.4. The highest BCUT2D eigenvalue weighted by Crippen LogP contribution is 2.30. The predicted octanol–water partition coefficient (Wildman–Crippen LogP) is 2.51. The molecule has 0 atom stereocenters. The molecule has 6 heteroatoms. The number of benzene rings is 1. The second kappa shape index (κ2) is 4.90. The Kier molecular flexibility index (Phi) is 3.77. The maximum Gasteiger partial charge on any atom is 0.416 e. The number of nitrogens with one attached hydrogen (secondary N) is 1. The van der Waals surface area contributed by atoms with E-state index in [2.05, 4.69) is 5.32 Å². The first-order valence-electron chi connectivity index (χ1n) is 4.70. The van der Waals surface area contributed by atoms with E-state index in [0.717, 1.165) is 12.1 Å². The van der Waals surface area contributed by atoms with Crippen molar-refractivity contribution in [3.63, 3.8) is 0 Å². The SMILES string of the molecule is C/C(Nc1cccc(C(F)(F)F)c1)=C(\N)C=O. The third-order valence-electron chi connectivity index (χ3n) is 2.08. The lowest BCUT2D eigenvalue weighted by atomic mass is 10.2. The molecule has 0 aliphatic rings. The van der Waals surface area contributed by atoms with Crippen LogP contribution in [0.4, 0.5) is 18.9 Å². The summed E-state index contributed by atoms with van der Waals surface area (Å²) >= 11 is 0. The molecular weight excluding hydrogens is 233 g/mol. The summed E-state index contributed by atoms with van der Waals surface area (Å²) in [6, 6.07) is 4.64. The highest BCUT2D eigenvalue weighted by Gasteiger charge is 2.30. The van der Waals surface area contributed by atoms with Gasteiger partial charge < -0.3 is 11.1 Å². The van der Waals surface area contributed by atoms with E-state index in [1.165, 1.54) is 19.1 Å². The number of alkyl halides is 3. The average Bonchev–Trinajstić information content (AvgIpc) is 2.27. The molecule has 0 unspecified atom stereocenters. The number of rotatable bonds is 3. The summed E-state index contributed by atoms with van der Waals surface area (Å²) in [5, 5.41) is 2.63. The first-order valence-corrected chi connectivity index (χ1v) is 4.70. The molecule has 0 aliphatic carbocycles. The molecule has 0 bridgehead atoms. The second-order valence-electron chi connectivity index (χ2n) is 3.40. The van der Waals surface area contributed by atoms with Gasteiger partial charge in [0.05, 0.1) is 11.3 Å². The van der Waals surface area contributed by atoms with Crippen molar-refractivity contribution >= 4 is 12.0 Å². The van der Waals surface area contributed by atoms with Gasteiger partial charge in [0.15, 0.2) is 6.29 Å². The Hall–Kier alpha value is -1.98. The molecule has 0 saturated carbocycles. The molecule has 3 N–H and O–H groups in total. The fourth-order valence-electron chi connectivity index (χ4n) is 1.15. The van der Waals surface area contributed by atoms with Crippen LogP contribution in [0.1, 0.15) is 12.5 Å². The Morgan fingerprint density at radius 1 is 1.41 bits per heavy atom. The lowest BCUT2D eigenvalue weighted by Crippen LogP contribution is -2.09. The molecule has 0 saturated heterocycles. The van der Waals surface area contributed by atoms with Crippen molar-refractivity contribution in [1.29, 1.82) is 0 Å². The molecule has 0 heterocycles. The first kappa shape index (κ1) is 13.1. The van der Waals surface area contributed by atoms with Crippen molar-refractivity contribution in [2.24, 2.45) is 5.73 Å². The van der Waals surface area contributed by atoms with Gasteiger partial charge in [-0.2, -0.15) is 13.2 Å². The van der Waals surface area contributed by atoms with Gasteiger partial charge in [-0.25, -0.2) is 0 Å². The Balaban J connectivity index is 2.98. The third-order valence-corrected chi connectivity index (χ3v) is 2.08. The fraction of sp³-hybridized carbons (Fsp3) is 0.182.